The molecule has 1 rings (SSSR count). The molecule has 0 aliphatic heterocycles. The first-order valence-corrected chi connectivity index (χ1v) is 8.18. The molecule has 0 saturated carbocycles. The zero-order chi connectivity index (χ0) is 15.7. The van der Waals surface area contributed by atoms with Gasteiger partial charge in [-0.2, -0.15) is 0 Å². The van der Waals surface area contributed by atoms with E-state index in [1.807, 2.05) is 6.92 Å². The maximum absolute atomic E-state index is 12.1. The van der Waals surface area contributed by atoms with Gasteiger partial charge in [0.1, 0.15) is 0 Å². The molecule has 21 heavy (non-hydrogen) atoms. The molecule has 1 unspecified atom stereocenters. The number of hydrogen-bond donors (Lipinski definition) is 2. The zero-order valence-corrected chi connectivity index (χ0v) is 13.4. The topological polar surface area (TPSA) is 89.6 Å². The molecule has 2 N–H and O–H groups in total. The molecule has 1 aromatic heterocycles. The first-order valence-electron chi connectivity index (χ1n) is 6.70. The van der Waals surface area contributed by atoms with Crippen molar-refractivity contribution in [2.75, 3.05) is 33.9 Å². The molecule has 0 spiro atoms. The molecule has 1 heterocycles. The third-order valence-electron chi connectivity index (χ3n) is 2.84. The van der Waals surface area contributed by atoms with Crippen molar-refractivity contribution in [1.29, 1.82) is 0 Å². The van der Waals surface area contributed by atoms with Crippen LogP contribution in [0.3, 0.4) is 0 Å². The van der Waals surface area contributed by atoms with Crippen molar-refractivity contribution in [2.24, 2.45) is 0 Å². The smallest absolute Gasteiger partial charge is 0.258 e. The van der Waals surface area contributed by atoms with E-state index < -0.39 is 10.0 Å². The average molecular weight is 317 g/mol. The number of nitrogens with one attached hydrogen (secondary N) is 2. The van der Waals surface area contributed by atoms with Crippen molar-refractivity contribution in [3.8, 4) is 0 Å². The Labute approximate surface area is 126 Å². The van der Waals surface area contributed by atoms with Crippen LogP contribution in [-0.2, 0) is 26.0 Å². The predicted molar refractivity (Wildman–Crippen MR) is 79.5 cm³/mol. The Kier molecular flexibility index (Phi) is 7.76. The first kappa shape index (κ1) is 18.0. The minimum Gasteiger partial charge on any atom is -0.382 e. The van der Waals surface area contributed by atoms with Crippen LogP contribution in [0, 0.1) is 0 Å². The van der Waals surface area contributed by atoms with E-state index >= 15 is 0 Å². The lowest BCUT2D eigenvalue weighted by Crippen LogP contribution is -2.35. The Bertz CT molecular complexity index is 505. The van der Waals surface area contributed by atoms with Crippen LogP contribution in [0.5, 0.6) is 0 Å². The number of hydrogen-bond acceptors (Lipinski definition) is 6. The Hall–Kier alpha value is -1.06. The number of pyridine rings is 1. The van der Waals surface area contributed by atoms with Crippen LogP contribution in [0.25, 0.3) is 0 Å². The normalized spacial score (nSPS) is 13.3. The standard InChI is InChI=1S/C13H23N3O4S/c1-4-14-7-11-5-6-13(15-8-11)21(17,18)16-9-12(20-3)10-19-2/h5-6,8,12,14,16H,4,7,9-10H2,1-3H3. The highest BCUT2D eigenvalue weighted by Gasteiger charge is 2.18. The number of nitrogens with zero attached hydrogens (tertiary/aromatic N) is 1. The molecule has 7 nitrogen and oxygen atoms in total. The van der Waals surface area contributed by atoms with E-state index in [2.05, 4.69) is 15.0 Å². The highest BCUT2D eigenvalue weighted by atomic mass is 32.2. The summed E-state index contributed by atoms with van der Waals surface area (Å²) in [5.74, 6) is 0. The molecule has 0 aliphatic rings. The highest BCUT2D eigenvalue weighted by Crippen LogP contribution is 2.07. The van der Waals surface area contributed by atoms with E-state index in [1.165, 1.54) is 20.3 Å². The second-order valence-electron chi connectivity index (χ2n) is 4.45. The van der Waals surface area contributed by atoms with Crippen molar-refractivity contribution in [1.82, 2.24) is 15.0 Å². The van der Waals surface area contributed by atoms with Crippen molar-refractivity contribution < 1.29 is 17.9 Å². The van der Waals surface area contributed by atoms with Crippen molar-refractivity contribution in [3.63, 3.8) is 0 Å². The summed E-state index contributed by atoms with van der Waals surface area (Å²) in [6.07, 6.45) is 1.22. The summed E-state index contributed by atoms with van der Waals surface area (Å²) < 4.78 is 36.7. The van der Waals surface area contributed by atoms with Gasteiger partial charge in [-0.05, 0) is 18.2 Å². The molecule has 1 atom stereocenters. The predicted octanol–water partition coefficient (Wildman–Crippen LogP) is 0.131. The first-order chi connectivity index (χ1) is 10.0. The zero-order valence-electron chi connectivity index (χ0n) is 12.6. The van der Waals surface area contributed by atoms with Crippen LogP contribution < -0.4 is 10.0 Å². The molecule has 0 aromatic carbocycles. The van der Waals surface area contributed by atoms with Crippen LogP contribution in [0.2, 0.25) is 0 Å². The van der Waals surface area contributed by atoms with Gasteiger partial charge in [0.25, 0.3) is 10.0 Å². The number of aromatic nitrogens is 1. The summed E-state index contributed by atoms with van der Waals surface area (Å²) in [5, 5.41) is 3.14. The fraction of sp³-hybridized carbons (Fsp3) is 0.615. The molecule has 120 valence electrons. The van der Waals surface area contributed by atoms with E-state index in [0.717, 1.165) is 12.1 Å². The highest BCUT2D eigenvalue weighted by molar-refractivity contribution is 7.89. The third-order valence-corrected chi connectivity index (χ3v) is 4.18. The van der Waals surface area contributed by atoms with Gasteiger partial charge in [0.2, 0.25) is 0 Å². The molecule has 0 radical (unpaired) electrons. The Morgan fingerprint density at radius 2 is 2.10 bits per heavy atom. The lowest BCUT2D eigenvalue weighted by molar-refractivity contribution is 0.0320. The fourth-order valence-electron chi connectivity index (χ4n) is 1.62. The van der Waals surface area contributed by atoms with E-state index in [1.54, 1.807) is 12.3 Å². The number of methoxy groups -OCH3 is 2. The van der Waals surface area contributed by atoms with E-state index in [9.17, 15) is 8.42 Å². The second kappa shape index (κ2) is 9.06. The van der Waals surface area contributed by atoms with E-state index in [-0.39, 0.29) is 17.7 Å². The van der Waals surface area contributed by atoms with Crippen molar-refractivity contribution in [3.05, 3.63) is 23.9 Å². The van der Waals surface area contributed by atoms with Crippen LogP contribution >= 0.6 is 0 Å². The maximum Gasteiger partial charge on any atom is 0.258 e. The van der Waals surface area contributed by atoms with Gasteiger partial charge < -0.3 is 14.8 Å². The molecular formula is C13H23N3O4S. The quantitative estimate of drug-likeness (QED) is 0.638. The van der Waals surface area contributed by atoms with Gasteiger partial charge in [-0.15, -0.1) is 0 Å². The van der Waals surface area contributed by atoms with Gasteiger partial charge in [-0.1, -0.05) is 13.0 Å². The summed E-state index contributed by atoms with van der Waals surface area (Å²) in [5.41, 5.74) is 0.935. The van der Waals surface area contributed by atoms with Gasteiger partial charge in [-0.25, -0.2) is 18.1 Å². The van der Waals surface area contributed by atoms with Gasteiger partial charge in [0, 0.05) is 33.5 Å². The SMILES string of the molecule is CCNCc1ccc(S(=O)(=O)NCC(COC)OC)nc1. The van der Waals surface area contributed by atoms with Crippen LogP contribution in [0.1, 0.15) is 12.5 Å². The molecule has 1 aromatic rings. The summed E-state index contributed by atoms with van der Waals surface area (Å²) in [4.78, 5) is 3.99. The minimum atomic E-state index is -3.64. The molecule has 0 fully saturated rings. The van der Waals surface area contributed by atoms with Crippen molar-refractivity contribution in [2.45, 2.75) is 24.6 Å². The van der Waals surface area contributed by atoms with Crippen LogP contribution in [-0.4, -0.2) is 53.4 Å². The lowest BCUT2D eigenvalue weighted by atomic mass is 10.3. The van der Waals surface area contributed by atoms with Crippen LogP contribution in [0.15, 0.2) is 23.4 Å². The van der Waals surface area contributed by atoms with Gasteiger partial charge >= 0.3 is 0 Å². The van der Waals surface area contributed by atoms with Gasteiger partial charge in [0.05, 0.1) is 12.7 Å². The van der Waals surface area contributed by atoms with E-state index in [0.29, 0.717) is 13.2 Å². The summed E-state index contributed by atoms with van der Waals surface area (Å²) >= 11 is 0. The summed E-state index contributed by atoms with van der Waals surface area (Å²) in [6, 6.07) is 3.24. The van der Waals surface area contributed by atoms with Gasteiger partial charge in [-0.3, -0.25) is 0 Å². The monoisotopic (exact) mass is 317 g/mol. The third kappa shape index (κ3) is 6.06. The number of sulfonamides is 1. The maximum atomic E-state index is 12.1. The lowest BCUT2D eigenvalue weighted by Gasteiger charge is -2.15. The second-order valence-corrected chi connectivity index (χ2v) is 6.16. The fourth-order valence-corrected chi connectivity index (χ4v) is 2.61. The molecule has 0 saturated heterocycles. The summed E-state index contributed by atoms with van der Waals surface area (Å²) in [7, 11) is -0.600. The molecular weight excluding hydrogens is 294 g/mol. The summed E-state index contributed by atoms with van der Waals surface area (Å²) in [6.45, 7) is 3.96. The van der Waals surface area contributed by atoms with Crippen LogP contribution in [0.4, 0.5) is 0 Å². The molecule has 0 amide bonds. The number of ether oxygens (including phenoxy) is 2. The Balaban J connectivity index is 2.65. The minimum absolute atomic E-state index is 0.00461. The van der Waals surface area contributed by atoms with Gasteiger partial charge in [0.15, 0.2) is 5.03 Å². The van der Waals surface area contributed by atoms with E-state index in [4.69, 9.17) is 9.47 Å². The van der Waals surface area contributed by atoms with Crippen molar-refractivity contribution >= 4 is 10.0 Å². The molecule has 0 bridgehead atoms. The Morgan fingerprint density at radius 1 is 1.33 bits per heavy atom. The Morgan fingerprint density at radius 3 is 2.62 bits per heavy atom. The molecule has 0 aliphatic carbocycles. The largest absolute Gasteiger partial charge is 0.382 e. The number of rotatable bonds is 10. The average Bonchev–Trinajstić information content (AvgIpc) is 2.49. The molecule has 8 heteroatoms.